The number of rotatable bonds is 5. The molecule has 112 valence electrons. The van der Waals surface area contributed by atoms with Crippen LogP contribution < -0.4 is 5.32 Å². The zero-order valence-electron chi connectivity index (χ0n) is 13.0. The number of nitrogens with one attached hydrogen (secondary N) is 1. The maximum Gasteiger partial charge on any atom is 0.123 e. The average Bonchev–Trinajstić information content (AvgIpc) is 2.43. The molecule has 1 nitrogen and oxygen atoms in total. The minimum Gasteiger partial charge on any atom is -0.310 e. The van der Waals surface area contributed by atoms with Crippen molar-refractivity contribution in [3.05, 3.63) is 35.6 Å². The lowest BCUT2D eigenvalue weighted by molar-refractivity contribution is 0.171. The smallest absolute Gasteiger partial charge is 0.123 e. The Balaban J connectivity index is 2.15. The van der Waals surface area contributed by atoms with E-state index in [0.717, 1.165) is 30.4 Å². The molecule has 0 amide bonds. The molecule has 0 aromatic heterocycles. The van der Waals surface area contributed by atoms with Crippen LogP contribution in [0.4, 0.5) is 4.39 Å². The van der Waals surface area contributed by atoms with Gasteiger partial charge in [-0.25, -0.2) is 4.39 Å². The highest BCUT2D eigenvalue weighted by Crippen LogP contribution is 2.39. The fraction of sp³-hybridized carbons (Fsp3) is 0.667. The maximum absolute atomic E-state index is 13.5. The Labute approximate surface area is 123 Å². The largest absolute Gasteiger partial charge is 0.310 e. The van der Waals surface area contributed by atoms with Gasteiger partial charge in [0.15, 0.2) is 0 Å². The summed E-state index contributed by atoms with van der Waals surface area (Å²) >= 11 is 0. The Kier molecular flexibility index (Phi) is 5.59. The van der Waals surface area contributed by atoms with Gasteiger partial charge in [-0.3, -0.25) is 0 Å². The highest BCUT2D eigenvalue weighted by atomic mass is 19.1. The average molecular weight is 277 g/mol. The summed E-state index contributed by atoms with van der Waals surface area (Å²) in [6, 6.07) is 7.45. The molecule has 0 heterocycles. The van der Waals surface area contributed by atoms with E-state index < -0.39 is 0 Å². The molecule has 1 fully saturated rings. The van der Waals surface area contributed by atoms with Gasteiger partial charge in [0.05, 0.1) is 0 Å². The summed E-state index contributed by atoms with van der Waals surface area (Å²) in [5, 5.41) is 3.65. The van der Waals surface area contributed by atoms with Crippen molar-refractivity contribution in [3.63, 3.8) is 0 Å². The van der Waals surface area contributed by atoms with Crippen molar-refractivity contribution in [2.24, 2.45) is 17.8 Å². The first-order chi connectivity index (χ1) is 9.61. The van der Waals surface area contributed by atoms with Crippen LogP contribution in [0.25, 0.3) is 0 Å². The van der Waals surface area contributed by atoms with Crippen LogP contribution >= 0.6 is 0 Å². The lowest BCUT2D eigenvalue weighted by Gasteiger charge is -2.37. The second kappa shape index (κ2) is 7.21. The first kappa shape index (κ1) is 15.5. The topological polar surface area (TPSA) is 12.0 Å². The Morgan fingerprint density at radius 2 is 2.05 bits per heavy atom. The second-order valence-electron chi connectivity index (χ2n) is 6.51. The highest BCUT2D eigenvalue weighted by Gasteiger charge is 2.30. The van der Waals surface area contributed by atoms with Crippen molar-refractivity contribution >= 4 is 0 Å². The molecule has 0 saturated heterocycles. The van der Waals surface area contributed by atoms with E-state index in [1.54, 1.807) is 6.07 Å². The third kappa shape index (κ3) is 3.82. The summed E-state index contributed by atoms with van der Waals surface area (Å²) in [5.74, 6) is 2.11. The molecular formula is C18H28FN. The van der Waals surface area contributed by atoms with Gasteiger partial charge in [0.1, 0.15) is 5.82 Å². The molecule has 1 saturated carbocycles. The third-order valence-electron chi connectivity index (χ3n) is 4.93. The van der Waals surface area contributed by atoms with Crippen LogP contribution in [0.15, 0.2) is 24.3 Å². The standard InChI is InChI=1S/C18H28FN/c1-4-10-20-18(15-6-5-7-17(19)12-15)16-9-8-13(2)14(3)11-16/h5-7,12-14,16,18,20H,4,8-11H2,1-3H3. The van der Waals surface area contributed by atoms with Crippen LogP contribution in [-0.2, 0) is 0 Å². The zero-order valence-corrected chi connectivity index (χ0v) is 13.0. The molecule has 0 radical (unpaired) electrons. The van der Waals surface area contributed by atoms with Crippen LogP contribution in [0.3, 0.4) is 0 Å². The Morgan fingerprint density at radius 1 is 1.25 bits per heavy atom. The minimum absolute atomic E-state index is 0.122. The summed E-state index contributed by atoms with van der Waals surface area (Å²) < 4.78 is 13.5. The lowest BCUT2D eigenvalue weighted by Crippen LogP contribution is -2.33. The van der Waals surface area contributed by atoms with E-state index in [1.807, 2.05) is 6.07 Å². The van der Waals surface area contributed by atoms with Gasteiger partial charge in [-0.2, -0.15) is 0 Å². The first-order valence-electron chi connectivity index (χ1n) is 8.10. The fourth-order valence-electron chi connectivity index (χ4n) is 3.45. The molecule has 1 aliphatic rings. The Bertz CT molecular complexity index is 418. The number of halogens is 1. The normalized spacial score (nSPS) is 28.3. The van der Waals surface area contributed by atoms with E-state index in [0.29, 0.717) is 12.0 Å². The van der Waals surface area contributed by atoms with Crippen molar-refractivity contribution < 1.29 is 4.39 Å². The van der Waals surface area contributed by atoms with Crippen LogP contribution in [0.5, 0.6) is 0 Å². The van der Waals surface area contributed by atoms with Crippen molar-refractivity contribution in [3.8, 4) is 0 Å². The molecule has 0 aliphatic heterocycles. The van der Waals surface area contributed by atoms with Crippen molar-refractivity contribution in [2.75, 3.05) is 6.54 Å². The van der Waals surface area contributed by atoms with E-state index in [-0.39, 0.29) is 5.82 Å². The molecule has 4 atom stereocenters. The summed E-state index contributed by atoms with van der Waals surface area (Å²) in [7, 11) is 0. The van der Waals surface area contributed by atoms with E-state index >= 15 is 0 Å². The van der Waals surface area contributed by atoms with E-state index in [9.17, 15) is 4.39 Å². The van der Waals surface area contributed by atoms with Crippen molar-refractivity contribution in [2.45, 2.75) is 52.5 Å². The Morgan fingerprint density at radius 3 is 2.70 bits per heavy atom. The SMILES string of the molecule is CCCNC(c1cccc(F)c1)C1CCC(C)C(C)C1. The molecular weight excluding hydrogens is 249 g/mol. The quantitative estimate of drug-likeness (QED) is 0.804. The lowest BCUT2D eigenvalue weighted by atomic mass is 9.72. The van der Waals surface area contributed by atoms with Crippen LogP contribution in [-0.4, -0.2) is 6.54 Å². The first-order valence-corrected chi connectivity index (χ1v) is 8.10. The molecule has 2 heteroatoms. The molecule has 20 heavy (non-hydrogen) atoms. The van der Waals surface area contributed by atoms with Gasteiger partial charge in [0, 0.05) is 6.04 Å². The van der Waals surface area contributed by atoms with Crippen LogP contribution in [0.2, 0.25) is 0 Å². The molecule has 0 bridgehead atoms. The van der Waals surface area contributed by atoms with Crippen LogP contribution in [0.1, 0.15) is 58.1 Å². The van der Waals surface area contributed by atoms with Gasteiger partial charge in [-0.05, 0) is 61.3 Å². The van der Waals surface area contributed by atoms with Gasteiger partial charge in [0.2, 0.25) is 0 Å². The summed E-state index contributed by atoms with van der Waals surface area (Å²) in [6.45, 7) is 7.90. The predicted octanol–water partition coefficient (Wildman–Crippen LogP) is 4.94. The number of hydrogen-bond donors (Lipinski definition) is 1. The molecule has 2 rings (SSSR count). The van der Waals surface area contributed by atoms with Crippen molar-refractivity contribution in [1.82, 2.24) is 5.32 Å². The van der Waals surface area contributed by atoms with E-state index in [4.69, 9.17) is 0 Å². The molecule has 4 unspecified atom stereocenters. The predicted molar refractivity (Wildman–Crippen MR) is 83.1 cm³/mol. The minimum atomic E-state index is -0.122. The molecule has 0 spiro atoms. The molecule has 1 aromatic rings. The maximum atomic E-state index is 13.5. The van der Waals surface area contributed by atoms with Gasteiger partial charge in [-0.15, -0.1) is 0 Å². The van der Waals surface area contributed by atoms with Crippen molar-refractivity contribution in [1.29, 1.82) is 0 Å². The van der Waals surface area contributed by atoms with Gasteiger partial charge < -0.3 is 5.32 Å². The summed E-state index contributed by atoms with van der Waals surface area (Å²) in [5.41, 5.74) is 1.12. The monoisotopic (exact) mass is 277 g/mol. The Hall–Kier alpha value is -0.890. The number of benzene rings is 1. The van der Waals surface area contributed by atoms with Gasteiger partial charge in [0.25, 0.3) is 0 Å². The second-order valence-corrected chi connectivity index (χ2v) is 6.51. The van der Waals surface area contributed by atoms with Gasteiger partial charge in [-0.1, -0.05) is 39.3 Å². The zero-order chi connectivity index (χ0) is 14.5. The van der Waals surface area contributed by atoms with Crippen LogP contribution in [0, 0.1) is 23.6 Å². The fourth-order valence-corrected chi connectivity index (χ4v) is 3.45. The molecule has 1 aromatic carbocycles. The van der Waals surface area contributed by atoms with E-state index in [1.165, 1.54) is 25.3 Å². The van der Waals surface area contributed by atoms with E-state index in [2.05, 4.69) is 32.2 Å². The third-order valence-corrected chi connectivity index (χ3v) is 4.93. The highest BCUT2D eigenvalue weighted by molar-refractivity contribution is 5.21. The van der Waals surface area contributed by atoms with Gasteiger partial charge >= 0.3 is 0 Å². The molecule has 1 aliphatic carbocycles. The number of hydrogen-bond acceptors (Lipinski definition) is 1. The summed E-state index contributed by atoms with van der Waals surface area (Å²) in [4.78, 5) is 0. The summed E-state index contributed by atoms with van der Waals surface area (Å²) in [6.07, 6.45) is 4.92. The molecule has 1 N–H and O–H groups in total.